The van der Waals surface area contributed by atoms with E-state index in [0.717, 1.165) is 38.1 Å². The molecule has 0 radical (unpaired) electrons. The topological polar surface area (TPSA) is 33.5 Å². The first-order valence-corrected chi connectivity index (χ1v) is 5.19. The van der Waals surface area contributed by atoms with E-state index in [1.54, 1.807) is 6.07 Å². The van der Waals surface area contributed by atoms with E-state index in [4.69, 9.17) is 4.42 Å². The van der Waals surface area contributed by atoms with Crippen molar-refractivity contribution in [3.05, 3.63) is 23.7 Å². The lowest BCUT2D eigenvalue weighted by atomic mass is 10.3. The van der Waals surface area contributed by atoms with Gasteiger partial charge >= 0.3 is 0 Å². The predicted molar refractivity (Wildman–Crippen MR) is 53.2 cm³/mol. The Morgan fingerprint density at radius 2 is 2.14 bits per heavy atom. The van der Waals surface area contributed by atoms with Gasteiger partial charge in [0.05, 0.1) is 0 Å². The first-order chi connectivity index (χ1) is 6.81. The van der Waals surface area contributed by atoms with Gasteiger partial charge < -0.3 is 9.32 Å². The fourth-order valence-electron chi connectivity index (χ4n) is 1.76. The van der Waals surface area contributed by atoms with E-state index >= 15 is 0 Å². The van der Waals surface area contributed by atoms with E-state index in [2.05, 4.69) is 0 Å². The molecule has 1 saturated heterocycles. The zero-order valence-electron chi connectivity index (χ0n) is 8.45. The summed E-state index contributed by atoms with van der Waals surface area (Å²) >= 11 is 0. The average Bonchev–Trinajstić information content (AvgIpc) is 2.88. The molecule has 1 aromatic rings. The minimum atomic E-state index is 0.0437. The molecule has 0 unspecified atom stereocenters. The third kappa shape index (κ3) is 1.67. The smallest absolute Gasteiger partial charge is 0.289 e. The normalized spacial score (nSPS) is 16.2. The molecule has 0 N–H and O–H groups in total. The van der Waals surface area contributed by atoms with Crippen molar-refractivity contribution in [3.8, 4) is 0 Å². The van der Waals surface area contributed by atoms with Crippen LogP contribution in [-0.4, -0.2) is 23.9 Å². The summed E-state index contributed by atoms with van der Waals surface area (Å²) in [5.74, 6) is 1.42. The molecule has 0 atom stereocenters. The number of aryl methyl sites for hydroxylation is 1. The third-order valence-electron chi connectivity index (χ3n) is 2.61. The van der Waals surface area contributed by atoms with Crippen molar-refractivity contribution in [1.29, 1.82) is 0 Å². The molecule has 14 heavy (non-hydrogen) atoms. The molecule has 1 aromatic heterocycles. The van der Waals surface area contributed by atoms with Crippen molar-refractivity contribution in [2.24, 2.45) is 0 Å². The highest BCUT2D eigenvalue weighted by Crippen LogP contribution is 2.15. The monoisotopic (exact) mass is 193 g/mol. The fraction of sp³-hybridized carbons (Fsp3) is 0.545. The highest BCUT2D eigenvalue weighted by atomic mass is 16.4. The van der Waals surface area contributed by atoms with Gasteiger partial charge in [0.1, 0.15) is 5.76 Å². The van der Waals surface area contributed by atoms with Crippen molar-refractivity contribution < 1.29 is 9.21 Å². The summed E-state index contributed by atoms with van der Waals surface area (Å²) in [5, 5.41) is 0. The molecule has 0 aliphatic carbocycles. The minimum absolute atomic E-state index is 0.0437. The van der Waals surface area contributed by atoms with E-state index < -0.39 is 0 Å². The van der Waals surface area contributed by atoms with Gasteiger partial charge in [-0.25, -0.2) is 0 Å². The number of rotatable bonds is 2. The first kappa shape index (κ1) is 9.31. The number of hydrogen-bond acceptors (Lipinski definition) is 2. The Bertz CT molecular complexity index is 324. The standard InChI is InChI=1S/C11H15NO2/c1-2-9-5-6-10(14-9)11(13)12-7-3-4-8-12/h5-6H,2-4,7-8H2,1H3. The number of carbonyl (C=O) groups is 1. The highest BCUT2D eigenvalue weighted by Gasteiger charge is 2.21. The Kier molecular flexibility index (Phi) is 2.57. The summed E-state index contributed by atoms with van der Waals surface area (Å²) < 4.78 is 5.42. The van der Waals surface area contributed by atoms with Gasteiger partial charge in [0, 0.05) is 19.5 Å². The minimum Gasteiger partial charge on any atom is -0.456 e. The van der Waals surface area contributed by atoms with Crippen molar-refractivity contribution in [2.75, 3.05) is 13.1 Å². The van der Waals surface area contributed by atoms with Crippen LogP contribution in [0.4, 0.5) is 0 Å². The van der Waals surface area contributed by atoms with Crippen molar-refractivity contribution in [2.45, 2.75) is 26.2 Å². The molecule has 1 aliphatic heterocycles. The SMILES string of the molecule is CCc1ccc(C(=O)N2CCCC2)o1. The Labute approximate surface area is 83.7 Å². The van der Waals surface area contributed by atoms with Crippen LogP contribution < -0.4 is 0 Å². The first-order valence-electron chi connectivity index (χ1n) is 5.19. The van der Waals surface area contributed by atoms with Gasteiger partial charge in [-0.1, -0.05) is 6.92 Å². The maximum absolute atomic E-state index is 11.8. The zero-order chi connectivity index (χ0) is 9.97. The summed E-state index contributed by atoms with van der Waals surface area (Å²) in [7, 11) is 0. The van der Waals surface area contributed by atoms with E-state index in [0.29, 0.717) is 5.76 Å². The van der Waals surface area contributed by atoms with Gasteiger partial charge in [0.15, 0.2) is 5.76 Å². The van der Waals surface area contributed by atoms with Gasteiger partial charge in [0.2, 0.25) is 0 Å². The van der Waals surface area contributed by atoms with E-state index in [1.807, 2.05) is 17.9 Å². The summed E-state index contributed by atoms with van der Waals surface area (Å²) in [4.78, 5) is 13.7. The summed E-state index contributed by atoms with van der Waals surface area (Å²) in [5.41, 5.74) is 0. The lowest BCUT2D eigenvalue weighted by Crippen LogP contribution is -2.27. The number of amides is 1. The van der Waals surface area contributed by atoms with Gasteiger partial charge in [-0.2, -0.15) is 0 Å². The molecule has 76 valence electrons. The molecule has 0 bridgehead atoms. The number of nitrogens with zero attached hydrogens (tertiary/aromatic N) is 1. The van der Waals surface area contributed by atoms with Crippen LogP contribution in [0.1, 0.15) is 36.1 Å². The molecule has 0 saturated carbocycles. The Morgan fingerprint density at radius 3 is 2.71 bits per heavy atom. The molecule has 0 aromatic carbocycles. The van der Waals surface area contributed by atoms with Crippen LogP contribution in [0.5, 0.6) is 0 Å². The van der Waals surface area contributed by atoms with E-state index in [1.165, 1.54) is 0 Å². The largest absolute Gasteiger partial charge is 0.456 e. The van der Waals surface area contributed by atoms with Gasteiger partial charge in [-0.15, -0.1) is 0 Å². The van der Waals surface area contributed by atoms with Crippen LogP contribution in [0.3, 0.4) is 0 Å². The molecule has 3 nitrogen and oxygen atoms in total. The Hall–Kier alpha value is -1.25. The van der Waals surface area contributed by atoms with Crippen LogP contribution in [0.15, 0.2) is 16.5 Å². The average molecular weight is 193 g/mol. The number of likely N-dealkylation sites (tertiary alicyclic amines) is 1. The summed E-state index contributed by atoms with van der Waals surface area (Å²) in [6.07, 6.45) is 3.08. The second kappa shape index (κ2) is 3.86. The molecular weight excluding hydrogens is 178 g/mol. The van der Waals surface area contributed by atoms with Crippen LogP contribution in [0.2, 0.25) is 0 Å². The Balaban J connectivity index is 2.09. The molecule has 2 rings (SSSR count). The van der Waals surface area contributed by atoms with Crippen LogP contribution in [-0.2, 0) is 6.42 Å². The summed E-state index contributed by atoms with van der Waals surface area (Å²) in [6, 6.07) is 3.66. The number of carbonyl (C=O) groups excluding carboxylic acids is 1. The molecule has 1 aliphatic rings. The maximum atomic E-state index is 11.8. The van der Waals surface area contributed by atoms with Crippen molar-refractivity contribution in [3.63, 3.8) is 0 Å². The molecule has 3 heteroatoms. The fourth-order valence-corrected chi connectivity index (χ4v) is 1.76. The molecular formula is C11H15NO2. The lowest BCUT2D eigenvalue weighted by molar-refractivity contribution is 0.0759. The summed E-state index contributed by atoms with van der Waals surface area (Å²) in [6.45, 7) is 3.77. The highest BCUT2D eigenvalue weighted by molar-refractivity contribution is 5.91. The van der Waals surface area contributed by atoms with E-state index in [9.17, 15) is 4.79 Å². The second-order valence-corrected chi connectivity index (χ2v) is 3.62. The molecule has 1 amide bonds. The van der Waals surface area contributed by atoms with Crippen LogP contribution in [0, 0.1) is 0 Å². The maximum Gasteiger partial charge on any atom is 0.289 e. The van der Waals surface area contributed by atoms with Gasteiger partial charge in [-0.05, 0) is 25.0 Å². The quantitative estimate of drug-likeness (QED) is 0.720. The van der Waals surface area contributed by atoms with Gasteiger partial charge in [0.25, 0.3) is 5.91 Å². The van der Waals surface area contributed by atoms with Crippen LogP contribution in [0.25, 0.3) is 0 Å². The lowest BCUT2D eigenvalue weighted by Gasteiger charge is -2.12. The molecule has 0 spiro atoms. The predicted octanol–water partition coefficient (Wildman–Crippen LogP) is 2.08. The zero-order valence-corrected chi connectivity index (χ0v) is 8.45. The molecule has 2 heterocycles. The van der Waals surface area contributed by atoms with Gasteiger partial charge in [-0.3, -0.25) is 4.79 Å². The third-order valence-corrected chi connectivity index (χ3v) is 2.61. The van der Waals surface area contributed by atoms with E-state index in [-0.39, 0.29) is 5.91 Å². The second-order valence-electron chi connectivity index (χ2n) is 3.62. The number of furan rings is 1. The van der Waals surface area contributed by atoms with Crippen LogP contribution >= 0.6 is 0 Å². The van der Waals surface area contributed by atoms with Crippen molar-refractivity contribution in [1.82, 2.24) is 4.90 Å². The molecule has 1 fully saturated rings. The Morgan fingerprint density at radius 1 is 1.43 bits per heavy atom. The van der Waals surface area contributed by atoms with Crippen molar-refractivity contribution >= 4 is 5.91 Å². The number of hydrogen-bond donors (Lipinski definition) is 0.